The van der Waals surface area contributed by atoms with Crippen LogP contribution in [0.5, 0.6) is 5.75 Å². The number of halogens is 3. The molecule has 0 aromatic heterocycles. The van der Waals surface area contributed by atoms with Gasteiger partial charge in [-0.2, -0.15) is 13.2 Å². The van der Waals surface area contributed by atoms with Crippen molar-refractivity contribution in [3.05, 3.63) is 90.0 Å². The average molecular weight is 400 g/mol. The van der Waals surface area contributed by atoms with Gasteiger partial charge in [0.15, 0.2) is 0 Å². The predicted octanol–water partition coefficient (Wildman–Crippen LogP) is 5.49. The molecular formula is C22H19F3N2O2. The summed E-state index contributed by atoms with van der Waals surface area (Å²) < 4.78 is 43.0. The van der Waals surface area contributed by atoms with Gasteiger partial charge in [-0.3, -0.25) is 4.79 Å². The summed E-state index contributed by atoms with van der Waals surface area (Å²) in [6.07, 6.45) is -4.35. The van der Waals surface area contributed by atoms with Gasteiger partial charge >= 0.3 is 6.18 Å². The molecule has 0 bridgehead atoms. The Labute approximate surface area is 166 Å². The van der Waals surface area contributed by atoms with Crippen LogP contribution in [0.4, 0.5) is 24.5 Å². The fourth-order valence-electron chi connectivity index (χ4n) is 2.57. The van der Waals surface area contributed by atoms with Crippen molar-refractivity contribution in [2.45, 2.75) is 12.8 Å². The second kappa shape index (κ2) is 9.14. The molecular weight excluding hydrogens is 381 g/mol. The van der Waals surface area contributed by atoms with Crippen molar-refractivity contribution in [2.75, 3.05) is 17.2 Å². The van der Waals surface area contributed by atoms with E-state index in [1.165, 1.54) is 6.07 Å². The number of alkyl halides is 3. The van der Waals surface area contributed by atoms with Crippen LogP contribution in [-0.4, -0.2) is 18.6 Å². The number of benzene rings is 3. The Bertz CT molecular complexity index is 942. The van der Waals surface area contributed by atoms with Crippen LogP contribution in [0.2, 0.25) is 0 Å². The summed E-state index contributed by atoms with van der Waals surface area (Å²) in [5, 5.41) is 4.94. The van der Waals surface area contributed by atoms with E-state index in [1.54, 1.807) is 42.5 Å². The van der Waals surface area contributed by atoms with Gasteiger partial charge in [0.1, 0.15) is 18.9 Å². The van der Waals surface area contributed by atoms with Crippen LogP contribution >= 0.6 is 0 Å². The Morgan fingerprint density at radius 2 is 1.45 bits per heavy atom. The van der Waals surface area contributed by atoms with Gasteiger partial charge in [-0.05, 0) is 42.0 Å². The maximum absolute atomic E-state index is 12.5. The highest BCUT2D eigenvalue weighted by Crippen LogP contribution is 2.24. The van der Waals surface area contributed by atoms with Crippen molar-refractivity contribution in [3.8, 4) is 5.75 Å². The number of hydrogen-bond donors (Lipinski definition) is 2. The molecule has 0 aliphatic heterocycles. The van der Waals surface area contributed by atoms with Crippen molar-refractivity contribution in [1.82, 2.24) is 0 Å². The lowest BCUT2D eigenvalue weighted by atomic mass is 10.1. The van der Waals surface area contributed by atoms with Gasteiger partial charge in [0.25, 0.3) is 5.91 Å². The summed E-state index contributed by atoms with van der Waals surface area (Å²) in [5.41, 5.74) is 1.75. The lowest BCUT2D eigenvalue weighted by Crippen LogP contribution is -2.22. The number of anilines is 2. The number of para-hydroxylation sites is 3. The monoisotopic (exact) mass is 400 g/mol. The zero-order chi connectivity index (χ0) is 20.7. The highest BCUT2D eigenvalue weighted by Gasteiger charge is 2.27. The highest BCUT2D eigenvalue weighted by molar-refractivity contribution is 6.05. The van der Waals surface area contributed by atoms with Gasteiger partial charge in [0, 0.05) is 5.56 Å². The Kier molecular flexibility index (Phi) is 6.39. The Hall–Kier alpha value is -3.48. The number of nitrogens with one attached hydrogen (secondary N) is 2. The molecule has 3 aromatic rings. The van der Waals surface area contributed by atoms with E-state index >= 15 is 0 Å². The van der Waals surface area contributed by atoms with E-state index in [2.05, 4.69) is 10.6 Å². The molecule has 2 N–H and O–H groups in total. The molecule has 0 fully saturated rings. The smallest absolute Gasteiger partial charge is 0.405 e. The van der Waals surface area contributed by atoms with Crippen LogP contribution in [0.3, 0.4) is 0 Å². The lowest BCUT2D eigenvalue weighted by molar-refractivity contribution is -0.115. The average Bonchev–Trinajstić information content (AvgIpc) is 2.72. The Balaban J connectivity index is 1.61. The lowest BCUT2D eigenvalue weighted by Gasteiger charge is -2.14. The molecule has 0 saturated carbocycles. The number of rotatable bonds is 7. The SMILES string of the molecule is O=C(Nc1ccccc1NCC(F)(F)F)c1ccc(COc2ccccc2)cc1. The molecule has 0 aliphatic rings. The van der Waals surface area contributed by atoms with Gasteiger partial charge in [-0.25, -0.2) is 0 Å². The number of carbonyl (C=O) groups is 1. The third-order valence-electron chi connectivity index (χ3n) is 4.02. The molecule has 1 amide bonds. The zero-order valence-corrected chi connectivity index (χ0v) is 15.4. The van der Waals surface area contributed by atoms with Crippen LogP contribution in [0.1, 0.15) is 15.9 Å². The fraction of sp³-hybridized carbons (Fsp3) is 0.136. The van der Waals surface area contributed by atoms with Gasteiger partial charge in [-0.1, -0.05) is 42.5 Å². The molecule has 3 aromatic carbocycles. The third kappa shape index (κ3) is 6.27. The van der Waals surface area contributed by atoms with Crippen molar-refractivity contribution in [3.63, 3.8) is 0 Å². The Morgan fingerprint density at radius 1 is 0.828 bits per heavy atom. The topological polar surface area (TPSA) is 50.4 Å². The number of hydrogen-bond acceptors (Lipinski definition) is 3. The van der Waals surface area contributed by atoms with Crippen molar-refractivity contribution >= 4 is 17.3 Å². The van der Waals surface area contributed by atoms with E-state index in [-0.39, 0.29) is 11.4 Å². The van der Waals surface area contributed by atoms with Gasteiger partial charge in [0.2, 0.25) is 0 Å². The molecule has 0 spiro atoms. The maximum atomic E-state index is 12.5. The van der Waals surface area contributed by atoms with Crippen LogP contribution in [0.25, 0.3) is 0 Å². The first kappa shape index (κ1) is 20.3. The maximum Gasteiger partial charge on any atom is 0.405 e. The first-order valence-corrected chi connectivity index (χ1v) is 8.88. The minimum absolute atomic E-state index is 0.200. The molecule has 29 heavy (non-hydrogen) atoms. The standard InChI is InChI=1S/C22H19F3N2O2/c23-22(24,25)15-26-19-8-4-5-9-20(19)27-21(28)17-12-10-16(11-13-17)14-29-18-6-2-1-3-7-18/h1-13,26H,14-15H2,(H,27,28). The van der Waals surface area contributed by atoms with Crippen molar-refractivity contribution in [2.24, 2.45) is 0 Å². The fourth-order valence-corrected chi connectivity index (χ4v) is 2.57. The Morgan fingerprint density at radius 3 is 2.10 bits per heavy atom. The number of carbonyl (C=O) groups excluding carboxylic acids is 1. The van der Waals surface area contributed by atoms with Gasteiger partial charge < -0.3 is 15.4 Å². The quantitative estimate of drug-likeness (QED) is 0.551. The minimum atomic E-state index is -4.35. The summed E-state index contributed by atoms with van der Waals surface area (Å²) in [5.74, 6) is 0.332. The first-order chi connectivity index (χ1) is 13.9. The molecule has 7 heteroatoms. The van der Waals surface area contributed by atoms with Crippen LogP contribution in [-0.2, 0) is 6.61 Å². The van der Waals surface area contributed by atoms with Gasteiger partial charge in [-0.15, -0.1) is 0 Å². The van der Waals surface area contributed by atoms with Crippen LogP contribution in [0.15, 0.2) is 78.9 Å². The van der Waals surface area contributed by atoms with E-state index < -0.39 is 18.6 Å². The molecule has 0 unspecified atom stereocenters. The molecule has 0 aliphatic carbocycles. The van der Waals surface area contributed by atoms with E-state index in [0.29, 0.717) is 12.2 Å². The summed E-state index contributed by atoms with van der Waals surface area (Å²) in [7, 11) is 0. The normalized spacial score (nSPS) is 11.0. The van der Waals surface area contributed by atoms with E-state index in [9.17, 15) is 18.0 Å². The largest absolute Gasteiger partial charge is 0.489 e. The number of ether oxygens (including phenoxy) is 1. The van der Waals surface area contributed by atoms with Crippen LogP contribution < -0.4 is 15.4 Å². The third-order valence-corrected chi connectivity index (χ3v) is 4.02. The zero-order valence-electron chi connectivity index (χ0n) is 15.4. The molecule has 150 valence electrons. The predicted molar refractivity (Wildman–Crippen MR) is 106 cm³/mol. The number of amides is 1. The molecule has 0 heterocycles. The second-order valence-electron chi connectivity index (χ2n) is 6.27. The second-order valence-corrected chi connectivity index (χ2v) is 6.27. The van der Waals surface area contributed by atoms with E-state index in [4.69, 9.17) is 4.74 Å². The summed E-state index contributed by atoms with van der Waals surface area (Å²) in [4.78, 5) is 12.5. The summed E-state index contributed by atoms with van der Waals surface area (Å²) >= 11 is 0. The molecule has 0 atom stereocenters. The first-order valence-electron chi connectivity index (χ1n) is 8.88. The van der Waals surface area contributed by atoms with E-state index in [1.807, 2.05) is 30.3 Å². The summed E-state index contributed by atoms with van der Waals surface area (Å²) in [6.45, 7) is -0.827. The van der Waals surface area contributed by atoms with Gasteiger partial charge in [0.05, 0.1) is 11.4 Å². The molecule has 0 radical (unpaired) electrons. The molecule has 4 nitrogen and oxygen atoms in total. The molecule has 0 saturated heterocycles. The van der Waals surface area contributed by atoms with Crippen molar-refractivity contribution in [1.29, 1.82) is 0 Å². The van der Waals surface area contributed by atoms with Crippen LogP contribution in [0, 0.1) is 0 Å². The van der Waals surface area contributed by atoms with E-state index in [0.717, 1.165) is 11.3 Å². The van der Waals surface area contributed by atoms with Crippen molar-refractivity contribution < 1.29 is 22.7 Å². The highest BCUT2D eigenvalue weighted by atomic mass is 19.4. The summed E-state index contributed by atoms with van der Waals surface area (Å²) in [6, 6.07) is 22.4. The molecule has 3 rings (SSSR count). The minimum Gasteiger partial charge on any atom is -0.489 e.